The minimum atomic E-state index is -0.481. The van der Waals surface area contributed by atoms with E-state index in [1.165, 1.54) is 0 Å². The summed E-state index contributed by atoms with van der Waals surface area (Å²) in [6.07, 6.45) is 0.144. The van der Waals surface area contributed by atoms with Crippen LogP contribution in [0.4, 0.5) is 11.4 Å². The number of rotatable bonds is 3. The molecule has 0 aromatic heterocycles. The van der Waals surface area contributed by atoms with E-state index in [9.17, 15) is 9.59 Å². The van der Waals surface area contributed by atoms with Crippen LogP contribution in [0.15, 0.2) is 47.5 Å². The molecule has 9 heteroatoms. The molecule has 2 atom stereocenters. The number of carbonyl (C=O) groups excluding carboxylic acids is 2. The minimum absolute atomic E-state index is 0.0922. The second-order valence-corrected chi connectivity index (χ2v) is 9.38. The highest BCUT2D eigenvalue weighted by atomic mass is 35.5. The van der Waals surface area contributed by atoms with Gasteiger partial charge in [-0.25, -0.2) is 0 Å². The van der Waals surface area contributed by atoms with Gasteiger partial charge in [0, 0.05) is 35.5 Å². The molecule has 166 valence electrons. The summed E-state index contributed by atoms with van der Waals surface area (Å²) in [6, 6.07) is 12.7. The van der Waals surface area contributed by atoms with Gasteiger partial charge < -0.3 is 14.4 Å². The molecule has 0 aliphatic carbocycles. The van der Waals surface area contributed by atoms with Crippen molar-refractivity contribution in [1.29, 1.82) is 0 Å². The number of amides is 2. The van der Waals surface area contributed by atoms with Gasteiger partial charge in [0.2, 0.25) is 11.8 Å². The maximum atomic E-state index is 13.7. The van der Waals surface area contributed by atoms with E-state index in [-0.39, 0.29) is 24.3 Å². The fourth-order valence-electron chi connectivity index (χ4n) is 4.01. The number of aliphatic imine (C=N–C) groups is 1. The summed E-state index contributed by atoms with van der Waals surface area (Å²) in [5, 5.41) is 1.26. The predicted molar refractivity (Wildman–Crippen MR) is 126 cm³/mol. The molecule has 3 aliphatic heterocycles. The predicted octanol–water partition coefficient (Wildman–Crippen LogP) is 3.99. The summed E-state index contributed by atoms with van der Waals surface area (Å²) in [6.45, 7) is 3.30. The molecule has 1 saturated heterocycles. The van der Waals surface area contributed by atoms with Gasteiger partial charge in [-0.2, -0.15) is 0 Å². The highest BCUT2D eigenvalue weighted by Crippen LogP contribution is 2.37. The Balaban J connectivity index is 1.40. The first kappa shape index (κ1) is 21.2. The molecule has 0 saturated carbocycles. The molecule has 32 heavy (non-hydrogen) atoms. The molecule has 2 aromatic carbocycles. The van der Waals surface area contributed by atoms with E-state index in [0.717, 1.165) is 5.75 Å². The third-order valence-electron chi connectivity index (χ3n) is 5.59. The number of nitrogens with zero attached hydrogens (tertiary/aromatic N) is 3. The number of hydrogen-bond donors (Lipinski definition) is 0. The SMILES string of the molecule is C[C@H]1CSC(N(C(=O)[C@H]2CC(=O)N(c3ccc4c(c3)OCCO4)C2)c2ccc(Cl)cc2)=N1. The van der Waals surface area contributed by atoms with E-state index in [1.54, 1.807) is 45.8 Å². The van der Waals surface area contributed by atoms with E-state index in [1.807, 2.05) is 25.1 Å². The zero-order valence-corrected chi connectivity index (χ0v) is 19.1. The quantitative estimate of drug-likeness (QED) is 0.677. The van der Waals surface area contributed by atoms with Crippen molar-refractivity contribution in [1.82, 2.24) is 0 Å². The number of fused-ring (bicyclic) bond motifs is 1. The van der Waals surface area contributed by atoms with Crippen LogP contribution < -0.4 is 19.3 Å². The van der Waals surface area contributed by atoms with Gasteiger partial charge in [0.15, 0.2) is 16.7 Å². The van der Waals surface area contributed by atoms with Gasteiger partial charge in [-0.05, 0) is 43.3 Å². The average molecular weight is 472 g/mol. The minimum Gasteiger partial charge on any atom is -0.486 e. The first-order valence-corrected chi connectivity index (χ1v) is 11.9. The second-order valence-electron chi connectivity index (χ2n) is 7.96. The summed E-state index contributed by atoms with van der Waals surface area (Å²) >= 11 is 7.60. The Bertz CT molecular complexity index is 1090. The van der Waals surface area contributed by atoms with E-state index in [2.05, 4.69) is 4.99 Å². The van der Waals surface area contributed by atoms with E-state index in [4.69, 9.17) is 21.1 Å². The number of hydrogen-bond acceptors (Lipinski definition) is 6. The van der Waals surface area contributed by atoms with Crippen molar-refractivity contribution in [2.24, 2.45) is 10.9 Å². The molecule has 3 aliphatic rings. The van der Waals surface area contributed by atoms with Crippen molar-refractivity contribution in [3.05, 3.63) is 47.5 Å². The maximum absolute atomic E-state index is 13.7. The fraction of sp³-hybridized carbons (Fsp3) is 0.348. The summed E-state index contributed by atoms with van der Waals surface area (Å²) in [4.78, 5) is 34.4. The Hall–Kier alpha value is -2.71. The van der Waals surface area contributed by atoms with Gasteiger partial charge >= 0.3 is 0 Å². The van der Waals surface area contributed by atoms with Crippen LogP contribution in [0, 0.1) is 5.92 Å². The fourth-order valence-corrected chi connectivity index (χ4v) is 5.18. The second kappa shape index (κ2) is 8.67. The maximum Gasteiger partial charge on any atom is 0.238 e. The monoisotopic (exact) mass is 471 g/mol. The lowest BCUT2D eigenvalue weighted by atomic mass is 10.1. The molecule has 1 fully saturated rings. The first-order valence-electron chi connectivity index (χ1n) is 10.5. The molecule has 2 amide bonds. The summed E-state index contributed by atoms with van der Waals surface area (Å²) in [5.74, 6) is 1.39. The molecule has 0 bridgehead atoms. The number of thioether (sulfide) groups is 1. The van der Waals surface area contributed by atoms with Gasteiger partial charge in [-0.3, -0.25) is 19.5 Å². The van der Waals surface area contributed by atoms with Crippen LogP contribution in [0.1, 0.15) is 13.3 Å². The Morgan fingerprint density at radius 2 is 1.91 bits per heavy atom. The molecule has 0 radical (unpaired) electrons. The van der Waals surface area contributed by atoms with Crippen molar-refractivity contribution in [3.8, 4) is 11.5 Å². The number of ether oxygens (including phenoxy) is 2. The van der Waals surface area contributed by atoms with Crippen LogP contribution >= 0.6 is 23.4 Å². The third-order valence-corrected chi connectivity index (χ3v) is 7.04. The number of carbonyl (C=O) groups is 2. The van der Waals surface area contributed by atoms with Crippen LogP contribution in [0.3, 0.4) is 0 Å². The number of amidine groups is 1. The van der Waals surface area contributed by atoms with E-state index >= 15 is 0 Å². The van der Waals surface area contributed by atoms with Gasteiger partial charge in [-0.1, -0.05) is 23.4 Å². The zero-order chi connectivity index (χ0) is 22.2. The lowest BCUT2D eigenvalue weighted by Gasteiger charge is -2.25. The molecule has 2 aromatic rings. The molecule has 7 nitrogen and oxygen atoms in total. The van der Waals surface area contributed by atoms with Crippen LogP contribution in [0.25, 0.3) is 0 Å². The normalized spacial score (nSPS) is 22.1. The van der Waals surface area contributed by atoms with Crippen LogP contribution in [0.5, 0.6) is 11.5 Å². The largest absolute Gasteiger partial charge is 0.486 e. The van der Waals surface area contributed by atoms with E-state index < -0.39 is 5.92 Å². The zero-order valence-electron chi connectivity index (χ0n) is 17.5. The topological polar surface area (TPSA) is 71.4 Å². The lowest BCUT2D eigenvalue weighted by molar-refractivity contribution is -0.123. The molecule has 0 spiro atoms. The lowest BCUT2D eigenvalue weighted by Crippen LogP contribution is -2.40. The van der Waals surface area contributed by atoms with Crippen molar-refractivity contribution in [3.63, 3.8) is 0 Å². The van der Waals surface area contributed by atoms with Gasteiger partial charge in [0.05, 0.1) is 17.6 Å². The number of benzene rings is 2. The smallest absolute Gasteiger partial charge is 0.238 e. The van der Waals surface area contributed by atoms with Crippen LogP contribution in [-0.4, -0.2) is 48.5 Å². The Kier molecular flexibility index (Phi) is 5.73. The van der Waals surface area contributed by atoms with Crippen molar-refractivity contribution in [2.75, 3.05) is 35.3 Å². The van der Waals surface area contributed by atoms with Crippen LogP contribution in [0.2, 0.25) is 5.02 Å². The van der Waals surface area contributed by atoms with Crippen LogP contribution in [-0.2, 0) is 9.59 Å². The summed E-state index contributed by atoms with van der Waals surface area (Å²) < 4.78 is 11.2. The molecule has 0 N–H and O–H groups in total. The molecule has 0 unspecified atom stereocenters. The summed E-state index contributed by atoms with van der Waals surface area (Å²) in [7, 11) is 0. The Labute approximate surface area is 195 Å². The molecular weight excluding hydrogens is 450 g/mol. The Morgan fingerprint density at radius 1 is 1.16 bits per heavy atom. The number of halogens is 1. The Morgan fingerprint density at radius 3 is 2.62 bits per heavy atom. The highest BCUT2D eigenvalue weighted by Gasteiger charge is 2.40. The summed E-state index contributed by atoms with van der Waals surface area (Å²) in [5.41, 5.74) is 1.40. The highest BCUT2D eigenvalue weighted by molar-refractivity contribution is 8.14. The van der Waals surface area contributed by atoms with E-state index in [0.29, 0.717) is 52.8 Å². The van der Waals surface area contributed by atoms with Crippen molar-refractivity contribution >= 4 is 51.7 Å². The van der Waals surface area contributed by atoms with Gasteiger partial charge in [-0.15, -0.1) is 0 Å². The van der Waals surface area contributed by atoms with Gasteiger partial charge in [0.1, 0.15) is 13.2 Å². The standard InChI is InChI=1S/C23H22ClN3O4S/c1-14-13-32-23(25-14)27(17-4-2-16(24)3-5-17)22(29)15-10-21(28)26(12-15)18-6-7-19-20(11-18)31-9-8-30-19/h2-7,11,14-15H,8-10,12-13H2,1H3/t14-,15-/m0/s1. The molecule has 3 heterocycles. The average Bonchev–Trinajstić information content (AvgIpc) is 3.40. The van der Waals surface area contributed by atoms with Gasteiger partial charge in [0.25, 0.3) is 0 Å². The van der Waals surface area contributed by atoms with Crippen molar-refractivity contribution in [2.45, 2.75) is 19.4 Å². The number of anilines is 2. The third kappa shape index (κ3) is 4.04. The van der Waals surface area contributed by atoms with Crippen molar-refractivity contribution < 1.29 is 19.1 Å². The molecular formula is C23H22ClN3O4S. The first-order chi connectivity index (χ1) is 15.5. The molecule has 5 rings (SSSR count).